The average molecular weight is 791 g/mol. The predicted molar refractivity (Wildman–Crippen MR) is 211 cm³/mol. The van der Waals surface area contributed by atoms with Gasteiger partial charge >= 0.3 is 0 Å². The van der Waals surface area contributed by atoms with Gasteiger partial charge in [-0.1, -0.05) is 41.5 Å². The van der Waals surface area contributed by atoms with Crippen LogP contribution in [-0.2, 0) is 42.6 Å². The normalized spacial score (nSPS) is 47.7. The van der Waals surface area contributed by atoms with Crippen molar-refractivity contribution < 1.29 is 52.8 Å². The summed E-state index contributed by atoms with van der Waals surface area (Å²) in [5.74, 6) is 0.712. The van der Waals surface area contributed by atoms with E-state index in [1.165, 1.54) is 0 Å². The van der Waals surface area contributed by atoms with Crippen molar-refractivity contribution in [2.75, 3.05) is 13.2 Å². The minimum atomic E-state index is -1.03. The molecule has 17 heteroatoms. The van der Waals surface area contributed by atoms with Gasteiger partial charge in [-0.25, -0.2) is 25.0 Å². The lowest BCUT2D eigenvalue weighted by atomic mass is 9.79. The van der Waals surface area contributed by atoms with Crippen molar-refractivity contribution >= 4 is 55.7 Å². The molecular weight excluding hydrogens is 720 g/mol. The Bertz CT molecular complexity index is 1140. The summed E-state index contributed by atoms with van der Waals surface area (Å²) in [6, 6.07) is 0. The van der Waals surface area contributed by atoms with Crippen LogP contribution in [0.2, 0.25) is 0 Å². The maximum Gasteiger partial charge on any atom is 0.210 e. The summed E-state index contributed by atoms with van der Waals surface area (Å²) in [6.45, 7) is 20.7. The van der Waals surface area contributed by atoms with Crippen LogP contribution in [0.4, 0.5) is 0 Å². The Kier molecular flexibility index (Phi) is 16.1. The van der Waals surface area contributed by atoms with Gasteiger partial charge in [0.05, 0.1) is 31.7 Å². The first kappa shape index (κ1) is 39.1. The third-order valence-corrected chi connectivity index (χ3v) is 11.2. The second kappa shape index (κ2) is 20.7. The Hall–Kier alpha value is 0.830. The first-order valence-corrected chi connectivity index (χ1v) is 20.1. The molecule has 0 spiro atoms. The van der Waals surface area contributed by atoms with Crippen molar-refractivity contribution in [3.63, 3.8) is 0 Å². The number of fused-ring (bicyclic) bond motifs is 1. The molecule has 0 amide bonds. The van der Waals surface area contributed by atoms with Crippen LogP contribution in [0.5, 0.6) is 0 Å². The van der Waals surface area contributed by atoms with Gasteiger partial charge in [-0.15, -0.1) is 0 Å². The van der Waals surface area contributed by atoms with Gasteiger partial charge < -0.3 is 52.8 Å². The molecule has 0 aromatic carbocycles. The van der Waals surface area contributed by atoms with E-state index in [9.17, 15) is 0 Å². The standard InChI is InChI=1S/C33H56O11.2BH4PS/c1-15-17(3)21(7)37-30(19(15)5)39-23-11-12-36-24(13-34)26(23)41-32-29(42-31-20(6)16(2)18(4)22(8)38-31)28-27(25(14-35)40-32)43-33(9,10)44-28;2*2-1-3/h11-12,15-32,34-35H,13-14H2,1-10H3;2*1,3H,2H2/t15?,16?,17-,18-,19+,20-,21?,22?,23?,24?,25?,26-,27-,28-,29?,30-,31?,32-;;/m0../s1/i34T,35T;2*1D. The summed E-state index contributed by atoms with van der Waals surface area (Å²) in [5.41, 5.74) is 0. The fourth-order valence-corrected chi connectivity index (χ4v) is 7.27. The Morgan fingerprint density at radius 1 is 0.720 bits per heavy atom. The van der Waals surface area contributed by atoms with Gasteiger partial charge in [-0.3, -0.25) is 0 Å². The fourth-order valence-electron chi connectivity index (χ4n) is 7.27. The second-order valence-electron chi connectivity index (χ2n) is 14.6. The highest BCUT2D eigenvalue weighted by molar-refractivity contribution is 8.20. The van der Waals surface area contributed by atoms with Crippen LogP contribution in [0.1, 0.15) is 69.2 Å². The van der Waals surface area contributed by atoms with Crippen molar-refractivity contribution in [2.24, 2.45) is 35.5 Å². The largest absolute Gasteiger partial charge is 0.493 e. The lowest BCUT2D eigenvalue weighted by Gasteiger charge is -2.48. The number of hydrogen-bond donors (Lipinski definition) is 4. The molecule has 0 aromatic rings. The van der Waals surface area contributed by atoms with Crippen LogP contribution in [0, 0.1) is 35.5 Å². The van der Waals surface area contributed by atoms with Crippen LogP contribution in [-0.4, -0.2) is 121 Å². The van der Waals surface area contributed by atoms with E-state index in [1.807, 2.05) is 13.8 Å². The number of hydrogen-bond acceptors (Lipinski definition) is 13. The summed E-state index contributed by atoms with van der Waals surface area (Å²) in [5, 5.41) is 9.61. The molecule has 5 aliphatic rings. The quantitative estimate of drug-likeness (QED) is 0.147. The zero-order chi connectivity index (χ0) is 40.7. The molecule has 5 aliphatic heterocycles. The highest BCUT2D eigenvalue weighted by atomic mass is 32.1. The topological polar surface area (TPSA) is 124 Å². The zero-order valence-corrected chi connectivity index (χ0v) is 35.3. The summed E-state index contributed by atoms with van der Waals surface area (Å²) in [4.78, 5) is 0. The molecule has 290 valence electrons. The first-order valence-electron chi connectivity index (χ1n) is 19.7. The van der Waals surface area contributed by atoms with Crippen LogP contribution in [0.25, 0.3) is 0 Å². The molecule has 11 unspecified atom stereocenters. The molecule has 5 rings (SSSR count). The Labute approximate surface area is 323 Å². The van der Waals surface area contributed by atoms with Crippen molar-refractivity contribution in [1.82, 2.24) is 0 Å². The first-order chi connectivity index (χ1) is 25.2. The average Bonchev–Trinajstić information content (AvgIpc) is 3.41. The summed E-state index contributed by atoms with van der Waals surface area (Å²) in [7, 11) is 4.38. The number of ether oxygens (including phenoxy) is 9. The SMILES string of the molecule is [2H]B(P)S.[2H]B(P)S.[3H]OCC1OC=CC(O[C@@H]2OC(C)[C@@H](C)C(C)[C@H]2C)[C@@H]1O[C@@H]1OC(CO[3H])[C@@H]2OC(C)(C)O[C@@H]2C1OC1OC(C)[C@@H](C)C(C)[C@@H]1C. The number of thiol groups is 2. The summed E-state index contributed by atoms with van der Waals surface area (Å²) >= 11 is 7.19. The minimum Gasteiger partial charge on any atom is -0.493 e. The van der Waals surface area contributed by atoms with Gasteiger partial charge in [-0.05, 0) is 60.1 Å². The number of aliphatic hydroxyl groups is 2. The molecule has 5 heterocycles. The third-order valence-electron chi connectivity index (χ3n) is 11.2. The van der Waals surface area contributed by atoms with E-state index in [4.69, 9.17) is 58.4 Å². The third kappa shape index (κ3) is 11.0. The lowest BCUT2D eigenvalue weighted by Crippen LogP contribution is -2.63. The van der Waals surface area contributed by atoms with Gasteiger partial charge in [0, 0.05) is 11.8 Å². The smallest absolute Gasteiger partial charge is 0.210 e. The molecule has 0 bridgehead atoms. The van der Waals surface area contributed by atoms with Crippen LogP contribution < -0.4 is 0 Å². The van der Waals surface area contributed by atoms with Gasteiger partial charge in [0.2, 0.25) is 15.3 Å². The molecule has 50 heavy (non-hydrogen) atoms. The molecule has 4 fully saturated rings. The molecular formula is C33H64B2O11P2S2. The highest BCUT2D eigenvalue weighted by Crippen LogP contribution is 2.43. The van der Waals surface area contributed by atoms with Crippen molar-refractivity contribution in [1.29, 1.82) is 5.53 Å². The van der Waals surface area contributed by atoms with E-state index in [0.29, 0.717) is 23.7 Å². The number of aliphatic hydroxyl groups excluding tert-OH is 2. The maximum absolute atomic E-state index is 7.52. The summed E-state index contributed by atoms with van der Waals surface area (Å²) in [6.07, 6.45) is -4.12. The Morgan fingerprint density at radius 2 is 1.20 bits per heavy atom. The fraction of sp³-hybridized carbons (Fsp3) is 0.939. The molecule has 0 radical (unpaired) electrons. The molecule has 4 saturated heterocycles. The second-order valence-corrected chi connectivity index (χ2v) is 17.0. The minimum absolute atomic E-state index is 0.0154. The van der Waals surface area contributed by atoms with E-state index in [0.717, 1.165) is 0 Å². The molecule has 20 atom stereocenters. The van der Waals surface area contributed by atoms with Crippen molar-refractivity contribution in [3.8, 4) is 0 Å². The molecule has 0 aliphatic carbocycles. The van der Waals surface area contributed by atoms with Crippen molar-refractivity contribution in [2.45, 2.75) is 149 Å². The van der Waals surface area contributed by atoms with Crippen molar-refractivity contribution in [3.05, 3.63) is 12.3 Å². The van der Waals surface area contributed by atoms with Crippen LogP contribution >= 0.6 is 43.2 Å². The van der Waals surface area contributed by atoms with E-state index < -0.39 is 67.4 Å². The van der Waals surface area contributed by atoms with Gasteiger partial charge in [-0.2, -0.15) is 18.2 Å². The molecule has 2 N–H and O–H groups in total. The van der Waals surface area contributed by atoms with E-state index in [-0.39, 0.29) is 49.7 Å². The monoisotopic (exact) mass is 790 g/mol. The number of rotatable bonds is 10. The van der Waals surface area contributed by atoms with Crippen LogP contribution in [0.3, 0.4) is 0 Å². The van der Waals surface area contributed by atoms with Gasteiger partial charge in [0.1, 0.15) is 42.7 Å². The van der Waals surface area contributed by atoms with E-state index >= 15 is 0 Å². The van der Waals surface area contributed by atoms with E-state index in [2.05, 4.69) is 98.6 Å². The highest BCUT2D eigenvalue weighted by Gasteiger charge is 2.58. The molecule has 0 saturated carbocycles. The van der Waals surface area contributed by atoms with E-state index in [1.54, 1.807) is 12.3 Å². The Morgan fingerprint density at radius 3 is 1.74 bits per heavy atom. The zero-order valence-electron chi connectivity index (χ0n) is 35.2. The predicted octanol–water partition coefficient (Wildman–Crippen LogP) is 3.71. The maximum atomic E-state index is 7.52. The summed E-state index contributed by atoms with van der Waals surface area (Å²) < 4.78 is 86.0. The lowest BCUT2D eigenvalue weighted by molar-refractivity contribution is -0.360. The van der Waals surface area contributed by atoms with Gasteiger partial charge in [0.15, 0.2) is 24.7 Å². The molecule has 0 aromatic heterocycles. The van der Waals surface area contributed by atoms with Crippen LogP contribution in [0.15, 0.2) is 12.3 Å². The molecule has 11 nitrogen and oxygen atoms in total. The van der Waals surface area contributed by atoms with Gasteiger partial charge in [0.25, 0.3) is 0 Å². The Balaban J connectivity index is 0.000000892.